The number of rotatable bonds is 3. The van der Waals surface area contributed by atoms with Crippen molar-refractivity contribution < 1.29 is 4.79 Å². The summed E-state index contributed by atoms with van der Waals surface area (Å²) in [6, 6.07) is 0. The van der Waals surface area contributed by atoms with Crippen LogP contribution in [-0.4, -0.2) is 20.8 Å². The topological polar surface area (TPSA) is 47.8 Å². The zero-order chi connectivity index (χ0) is 8.27. The number of hydrogen-bond acceptors (Lipinski definition) is 3. The Morgan fingerprint density at radius 2 is 2.64 bits per heavy atom. The molecule has 0 bridgehead atoms. The van der Waals surface area contributed by atoms with Gasteiger partial charge in [0.15, 0.2) is 5.78 Å². The van der Waals surface area contributed by atoms with Crippen molar-refractivity contribution >= 4 is 5.78 Å². The van der Waals surface area contributed by atoms with E-state index in [2.05, 4.69) is 16.9 Å². The van der Waals surface area contributed by atoms with E-state index < -0.39 is 0 Å². The maximum Gasteiger partial charge on any atom is 0.186 e. The molecule has 0 spiro atoms. The van der Waals surface area contributed by atoms with Gasteiger partial charge < -0.3 is 0 Å². The number of Topliss-reactive ketones (excluding diaryl/α,β-unsaturated/α-hetero) is 1. The van der Waals surface area contributed by atoms with E-state index in [0.29, 0.717) is 12.1 Å². The summed E-state index contributed by atoms with van der Waals surface area (Å²) in [6.07, 6.45) is 3.35. The maximum absolute atomic E-state index is 11.2. The monoisotopic (exact) mass is 151 g/mol. The van der Waals surface area contributed by atoms with Gasteiger partial charge in [0.1, 0.15) is 5.69 Å². The Hall–Kier alpha value is -1.45. The Bertz CT molecular complexity index is 277. The molecule has 1 aromatic heterocycles. The maximum atomic E-state index is 11.2. The van der Waals surface area contributed by atoms with Crippen molar-refractivity contribution in [2.45, 2.75) is 6.42 Å². The second-order valence-corrected chi connectivity index (χ2v) is 2.16. The van der Waals surface area contributed by atoms with Gasteiger partial charge in [-0.05, 0) is 0 Å². The highest BCUT2D eigenvalue weighted by Crippen LogP contribution is 1.98. The lowest BCUT2D eigenvalue weighted by Crippen LogP contribution is -2.05. The van der Waals surface area contributed by atoms with Crippen molar-refractivity contribution in [2.75, 3.05) is 0 Å². The molecule has 11 heavy (non-hydrogen) atoms. The number of aromatic nitrogens is 3. The van der Waals surface area contributed by atoms with Gasteiger partial charge in [0.25, 0.3) is 0 Å². The largest absolute Gasteiger partial charge is 0.292 e. The van der Waals surface area contributed by atoms with Crippen LogP contribution < -0.4 is 0 Å². The molecule has 1 rings (SSSR count). The predicted molar refractivity (Wildman–Crippen MR) is 40.1 cm³/mol. The van der Waals surface area contributed by atoms with Gasteiger partial charge >= 0.3 is 0 Å². The van der Waals surface area contributed by atoms with E-state index in [9.17, 15) is 4.79 Å². The normalized spacial score (nSPS) is 9.55. The van der Waals surface area contributed by atoms with Crippen molar-refractivity contribution in [1.82, 2.24) is 15.0 Å². The Morgan fingerprint density at radius 3 is 3.09 bits per heavy atom. The van der Waals surface area contributed by atoms with E-state index >= 15 is 0 Å². The van der Waals surface area contributed by atoms with Gasteiger partial charge in [-0.15, -0.1) is 11.7 Å². The molecule has 0 atom stereocenters. The summed E-state index contributed by atoms with van der Waals surface area (Å²) < 4.78 is 1.45. The number of ketones is 1. The first-order valence-corrected chi connectivity index (χ1v) is 3.24. The molecule has 4 nitrogen and oxygen atoms in total. The van der Waals surface area contributed by atoms with E-state index in [1.54, 1.807) is 13.1 Å². The molecule has 0 aromatic carbocycles. The first-order chi connectivity index (χ1) is 5.25. The van der Waals surface area contributed by atoms with Crippen LogP contribution in [0.15, 0.2) is 18.9 Å². The number of carbonyl (C=O) groups excluding carboxylic acids is 1. The standard InChI is InChI=1S/C7H9N3O/c1-3-4-7(11)6-5-8-9-10(6)2/h3,5H,1,4H2,2H3. The summed E-state index contributed by atoms with van der Waals surface area (Å²) in [5, 5.41) is 7.21. The Morgan fingerprint density at radius 1 is 1.91 bits per heavy atom. The number of nitrogens with zero attached hydrogens (tertiary/aromatic N) is 3. The van der Waals surface area contributed by atoms with Crippen molar-refractivity contribution in [2.24, 2.45) is 7.05 Å². The molecule has 0 saturated carbocycles. The molecule has 1 aromatic rings. The molecule has 0 fully saturated rings. The second-order valence-electron chi connectivity index (χ2n) is 2.16. The van der Waals surface area contributed by atoms with Crippen LogP contribution in [0.1, 0.15) is 16.9 Å². The Balaban J connectivity index is 2.83. The van der Waals surface area contributed by atoms with Gasteiger partial charge in [0, 0.05) is 13.5 Å². The van der Waals surface area contributed by atoms with E-state index in [0.717, 1.165) is 0 Å². The first-order valence-electron chi connectivity index (χ1n) is 3.24. The third-order valence-corrected chi connectivity index (χ3v) is 1.33. The third kappa shape index (κ3) is 1.52. The first kappa shape index (κ1) is 7.65. The van der Waals surface area contributed by atoms with E-state index in [4.69, 9.17) is 0 Å². The molecule has 0 unspecified atom stereocenters. The molecular weight excluding hydrogens is 142 g/mol. The highest BCUT2D eigenvalue weighted by Gasteiger charge is 2.07. The highest BCUT2D eigenvalue weighted by atomic mass is 16.1. The van der Waals surface area contributed by atoms with Gasteiger partial charge in [-0.2, -0.15) is 0 Å². The summed E-state index contributed by atoms with van der Waals surface area (Å²) in [4.78, 5) is 11.2. The summed E-state index contributed by atoms with van der Waals surface area (Å²) in [6.45, 7) is 3.47. The molecule has 0 amide bonds. The number of carbonyl (C=O) groups is 1. The van der Waals surface area contributed by atoms with Gasteiger partial charge in [-0.3, -0.25) is 4.79 Å². The lowest BCUT2D eigenvalue weighted by Gasteiger charge is -1.94. The fourth-order valence-electron chi connectivity index (χ4n) is 0.778. The highest BCUT2D eigenvalue weighted by molar-refractivity contribution is 5.94. The van der Waals surface area contributed by atoms with E-state index in [1.807, 2.05) is 0 Å². The number of hydrogen-bond donors (Lipinski definition) is 0. The van der Waals surface area contributed by atoms with Gasteiger partial charge in [0.2, 0.25) is 0 Å². The molecule has 0 aliphatic rings. The van der Waals surface area contributed by atoms with Crippen LogP contribution in [0.2, 0.25) is 0 Å². The SMILES string of the molecule is C=CCC(=O)c1cnnn1C. The minimum Gasteiger partial charge on any atom is -0.292 e. The number of allylic oxidation sites excluding steroid dienone is 1. The predicted octanol–water partition coefficient (Wildman–Crippen LogP) is 0.574. The minimum atomic E-state index is -0.00694. The summed E-state index contributed by atoms with van der Waals surface area (Å²) >= 11 is 0. The van der Waals surface area contributed by atoms with Crippen molar-refractivity contribution in [1.29, 1.82) is 0 Å². The molecule has 4 heteroatoms. The zero-order valence-electron chi connectivity index (χ0n) is 6.32. The fraction of sp³-hybridized carbons (Fsp3) is 0.286. The molecule has 0 N–H and O–H groups in total. The lowest BCUT2D eigenvalue weighted by atomic mass is 10.2. The van der Waals surface area contributed by atoms with Crippen molar-refractivity contribution in [3.05, 3.63) is 24.5 Å². The average Bonchev–Trinajstić information content (AvgIpc) is 2.36. The molecule has 0 radical (unpaired) electrons. The van der Waals surface area contributed by atoms with Crippen LogP contribution in [0.5, 0.6) is 0 Å². The van der Waals surface area contributed by atoms with E-state index in [1.165, 1.54) is 10.9 Å². The van der Waals surface area contributed by atoms with Crippen LogP contribution in [0.4, 0.5) is 0 Å². The molecule has 0 aliphatic carbocycles. The lowest BCUT2D eigenvalue weighted by molar-refractivity contribution is 0.0987. The third-order valence-electron chi connectivity index (χ3n) is 1.33. The number of aryl methyl sites for hydroxylation is 1. The summed E-state index contributed by atoms with van der Waals surface area (Å²) in [7, 11) is 1.68. The second kappa shape index (κ2) is 3.09. The Labute approximate surface area is 64.5 Å². The molecule has 0 saturated heterocycles. The fourth-order valence-corrected chi connectivity index (χ4v) is 0.778. The van der Waals surface area contributed by atoms with Crippen LogP contribution in [0.3, 0.4) is 0 Å². The van der Waals surface area contributed by atoms with E-state index in [-0.39, 0.29) is 5.78 Å². The summed E-state index contributed by atoms with van der Waals surface area (Å²) in [5.74, 6) is -0.00694. The minimum absolute atomic E-state index is 0.00694. The smallest absolute Gasteiger partial charge is 0.186 e. The van der Waals surface area contributed by atoms with Crippen LogP contribution in [-0.2, 0) is 7.05 Å². The van der Waals surface area contributed by atoms with Gasteiger partial charge in [-0.1, -0.05) is 11.3 Å². The molecule has 1 heterocycles. The molecular formula is C7H9N3O. The van der Waals surface area contributed by atoms with Crippen molar-refractivity contribution in [3.63, 3.8) is 0 Å². The van der Waals surface area contributed by atoms with Gasteiger partial charge in [0.05, 0.1) is 6.20 Å². The average molecular weight is 151 g/mol. The van der Waals surface area contributed by atoms with Crippen LogP contribution in [0.25, 0.3) is 0 Å². The van der Waals surface area contributed by atoms with Gasteiger partial charge in [-0.25, -0.2) is 4.68 Å². The summed E-state index contributed by atoms with van der Waals surface area (Å²) in [5.41, 5.74) is 0.518. The quantitative estimate of drug-likeness (QED) is 0.468. The van der Waals surface area contributed by atoms with Crippen LogP contribution >= 0.6 is 0 Å². The zero-order valence-corrected chi connectivity index (χ0v) is 6.32. The Kier molecular flexibility index (Phi) is 2.15. The molecule has 58 valence electrons. The molecule has 0 aliphatic heterocycles. The van der Waals surface area contributed by atoms with Crippen LogP contribution in [0, 0.1) is 0 Å². The van der Waals surface area contributed by atoms with Crippen molar-refractivity contribution in [3.8, 4) is 0 Å².